The van der Waals surface area contributed by atoms with Crippen molar-refractivity contribution in [2.24, 2.45) is 0 Å². The van der Waals surface area contributed by atoms with Crippen molar-refractivity contribution in [3.8, 4) is 67.9 Å². The summed E-state index contributed by atoms with van der Waals surface area (Å²) in [6.45, 7) is 0. The Morgan fingerprint density at radius 3 is 1.57 bits per heavy atom. The lowest BCUT2D eigenvalue weighted by molar-refractivity contribution is 0.436. The largest absolute Gasteiger partial charge is 0.457 e. The molecule has 2 aliphatic rings. The number of nitrogens with zero attached hydrogens (tertiary/aromatic N) is 3. The van der Waals surface area contributed by atoms with Gasteiger partial charge in [0, 0.05) is 27.8 Å². The van der Waals surface area contributed by atoms with E-state index < -0.39 is 5.41 Å². The van der Waals surface area contributed by atoms with Gasteiger partial charge in [0.25, 0.3) is 0 Å². The fraction of sp³-hybridized carbons (Fsp3) is 0.0200. The molecule has 1 aliphatic heterocycles. The molecule has 0 atom stereocenters. The van der Waals surface area contributed by atoms with Gasteiger partial charge in [-0.15, -0.1) is 0 Å². The van der Waals surface area contributed by atoms with E-state index in [0.717, 1.165) is 50.4 Å². The van der Waals surface area contributed by atoms with E-state index in [-0.39, 0.29) is 0 Å². The topological polar surface area (TPSA) is 47.9 Å². The van der Waals surface area contributed by atoms with Crippen LogP contribution in [0.3, 0.4) is 0 Å². The molecule has 11 rings (SSSR count). The van der Waals surface area contributed by atoms with E-state index in [1.807, 2.05) is 60.7 Å². The van der Waals surface area contributed by atoms with Crippen molar-refractivity contribution in [2.45, 2.75) is 5.41 Å². The molecule has 0 amide bonds. The number of benzene rings is 8. The zero-order valence-corrected chi connectivity index (χ0v) is 29.1. The Bertz CT molecular complexity index is 2820. The molecule has 0 radical (unpaired) electrons. The van der Waals surface area contributed by atoms with Crippen LogP contribution in [0.1, 0.15) is 22.3 Å². The smallest absolute Gasteiger partial charge is 0.164 e. The second-order valence-corrected chi connectivity index (χ2v) is 13.9. The lowest BCUT2D eigenvalue weighted by Crippen LogP contribution is -2.32. The first-order chi connectivity index (χ1) is 26.8. The maximum absolute atomic E-state index is 6.63. The van der Waals surface area contributed by atoms with E-state index in [1.165, 1.54) is 33.0 Å². The van der Waals surface area contributed by atoms with Gasteiger partial charge in [-0.3, -0.25) is 0 Å². The summed E-state index contributed by atoms with van der Waals surface area (Å²) < 4.78 is 6.63. The van der Waals surface area contributed by atoms with Crippen molar-refractivity contribution in [2.75, 3.05) is 0 Å². The molecule has 0 saturated carbocycles. The van der Waals surface area contributed by atoms with Crippen molar-refractivity contribution in [3.63, 3.8) is 0 Å². The molecule has 9 aromatic rings. The lowest BCUT2D eigenvalue weighted by Gasteiger charge is -2.39. The summed E-state index contributed by atoms with van der Waals surface area (Å²) in [6, 6.07) is 66.2. The zero-order valence-electron chi connectivity index (χ0n) is 29.1. The van der Waals surface area contributed by atoms with Gasteiger partial charge < -0.3 is 4.74 Å². The SMILES string of the molecule is c1ccc(-c2nc(-c3ccccc3)nc(-c3cccc(-c4ccc5c(c4)C4(c6ccccc6Oc6ccccc64)c4ccc6ccccc6c4-5)c3)n2)cc1. The summed E-state index contributed by atoms with van der Waals surface area (Å²) in [6.07, 6.45) is 0. The van der Waals surface area contributed by atoms with Gasteiger partial charge in [-0.25, -0.2) is 15.0 Å². The first-order valence-electron chi connectivity index (χ1n) is 18.3. The number of ether oxygens (including phenoxy) is 1. The van der Waals surface area contributed by atoms with Crippen LogP contribution in [-0.2, 0) is 5.41 Å². The molecule has 0 fully saturated rings. The summed E-state index contributed by atoms with van der Waals surface area (Å²) in [5.41, 5.74) is 11.8. The first-order valence-corrected chi connectivity index (χ1v) is 18.3. The molecule has 1 aliphatic carbocycles. The Morgan fingerprint density at radius 1 is 0.352 bits per heavy atom. The van der Waals surface area contributed by atoms with Gasteiger partial charge in [0.05, 0.1) is 5.41 Å². The van der Waals surface area contributed by atoms with E-state index in [4.69, 9.17) is 19.7 Å². The second-order valence-electron chi connectivity index (χ2n) is 13.9. The van der Waals surface area contributed by atoms with Crippen LogP contribution in [0.15, 0.2) is 188 Å². The average molecular weight is 690 g/mol. The van der Waals surface area contributed by atoms with Crippen molar-refractivity contribution >= 4 is 10.8 Å². The second kappa shape index (κ2) is 11.9. The minimum Gasteiger partial charge on any atom is -0.457 e. The molecule has 0 N–H and O–H groups in total. The first kappa shape index (κ1) is 30.5. The number of para-hydroxylation sites is 2. The van der Waals surface area contributed by atoms with Crippen LogP contribution in [0.2, 0.25) is 0 Å². The predicted molar refractivity (Wildman–Crippen MR) is 216 cm³/mol. The zero-order chi connectivity index (χ0) is 35.6. The van der Waals surface area contributed by atoms with Gasteiger partial charge in [0.15, 0.2) is 17.5 Å². The molecular weight excluding hydrogens is 659 g/mol. The van der Waals surface area contributed by atoms with Crippen LogP contribution in [0.25, 0.3) is 67.2 Å². The van der Waals surface area contributed by atoms with Crippen molar-refractivity contribution in [3.05, 3.63) is 210 Å². The molecule has 1 aromatic heterocycles. The molecule has 4 nitrogen and oxygen atoms in total. The normalized spacial score (nSPS) is 13.1. The Balaban J connectivity index is 1.13. The molecule has 54 heavy (non-hydrogen) atoms. The minimum atomic E-state index is -0.572. The lowest BCUT2D eigenvalue weighted by atomic mass is 9.66. The summed E-state index contributed by atoms with van der Waals surface area (Å²) in [5, 5.41) is 2.48. The van der Waals surface area contributed by atoms with Crippen molar-refractivity contribution in [1.29, 1.82) is 0 Å². The molecule has 8 aromatic carbocycles. The van der Waals surface area contributed by atoms with Crippen LogP contribution in [0, 0.1) is 0 Å². The van der Waals surface area contributed by atoms with Gasteiger partial charge in [-0.1, -0.05) is 164 Å². The van der Waals surface area contributed by atoms with Crippen LogP contribution >= 0.6 is 0 Å². The fourth-order valence-electron chi connectivity index (χ4n) is 8.62. The van der Waals surface area contributed by atoms with E-state index in [1.54, 1.807) is 0 Å². The molecule has 0 unspecified atom stereocenters. The maximum atomic E-state index is 6.63. The van der Waals surface area contributed by atoms with Crippen LogP contribution in [-0.4, -0.2) is 15.0 Å². The van der Waals surface area contributed by atoms with Crippen molar-refractivity contribution < 1.29 is 4.74 Å². The third kappa shape index (κ3) is 4.53. The highest BCUT2D eigenvalue weighted by Crippen LogP contribution is 2.63. The Morgan fingerprint density at radius 2 is 0.889 bits per heavy atom. The number of hydrogen-bond acceptors (Lipinski definition) is 4. The summed E-state index contributed by atoms with van der Waals surface area (Å²) in [4.78, 5) is 15.0. The Hall–Kier alpha value is -7.17. The van der Waals surface area contributed by atoms with E-state index in [9.17, 15) is 0 Å². The van der Waals surface area contributed by atoms with E-state index >= 15 is 0 Å². The third-order valence-electron chi connectivity index (χ3n) is 11.0. The Labute approximate surface area is 313 Å². The Kier molecular flexibility index (Phi) is 6.73. The quantitative estimate of drug-likeness (QED) is 0.185. The number of fused-ring (bicyclic) bond motifs is 11. The molecule has 4 heteroatoms. The molecule has 2 heterocycles. The molecule has 1 spiro atoms. The predicted octanol–water partition coefficient (Wildman–Crippen LogP) is 12.2. The number of aromatic nitrogens is 3. The fourth-order valence-corrected chi connectivity index (χ4v) is 8.62. The highest BCUT2D eigenvalue weighted by Gasteiger charge is 2.51. The monoisotopic (exact) mass is 689 g/mol. The maximum Gasteiger partial charge on any atom is 0.164 e. The summed E-state index contributed by atoms with van der Waals surface area (Å²) >= 11 is 0. The average Bonchev–Trinajstić information content (AvgIpc) is 3.54. The molecule has 0 saturated heterocycles. The molecule has 252 valence electrons. The van der Waals surface area contributed by atoms with E-state index in [2.05, 4.69) is 127 Å². The highest BCUT2D eigenvalue weighted by molar-refractivity contribution is 6.05. The highest BCUT2D eigenvalue weighted by atomic mass is 16.5. The van der Waals surface area contributed by atoms with Gasteiger partial charge >= 0.3 is 0 Å². The standard InChI is InChI=1S/C50H31N3O/c1-3-15-33(16-4-1)47-51-48(34-17-5-2-6-18-34)53-49(52-47)37-20-13-19-35(30-37)36-26-28-39-43(31-36)50(42-29-27-32-14-7-8-21-38(32)46(39)42)40-22-9-11-24-44(40)54-45-25-12-10-23-41(45)50/h1-31H. The summed E-state index contributed by atoms with van der Waals surface area (Å²) in [5.74, 6) is 3.69. The molecule has 0 bridgehead atoms. The van der Waals surface area contributed by atoms with Crippen molar-refractivity contribution in [1.82, 2.24) is 15.0 Å². The van der Waals surface area contributed by atoms with Crippen LogP contribution < -0.4 is 4.74 Å². The van der Waals surface area contributed by atoms with Gasteiger partial charge in [-0.05, 0) is 68.4 Å². The van der Waals surface area contributed by atoms with Crippen LogP contribution in [0.4, 0.5) is 0 Å². The van der Waals surface area contributed by atoms with Gasteiger partial charge in [0.1, 0.15) is 11.5 Å². The van der Waals surface area contributed by atoms with Crippen LogP contribution in [0.5, 0.6) is 11.5 Å². The third-order valence-corrected chi connectivity index (χ3v) is 11.0. The van der Waals surface area contributed by atoms with Gasteiger partial charge in [-0.2, -0.15) is 0 Å². The van der Waals surface area contributed by atoms with Gasteiger partial charge in [0.2, 0.25) is 0 Å². The number of rotatable bonds is 4. The van der Waals surface area contributed by atoms with E-state index in [0.29, 0.717) is 17.5 Å². The number of hydrogen-bond donors (Lipinski definition) is 0. The summed E-state index contributed by atoms with van der Waals surface area (Å²) in [7, 11) is 0. The molecular formula is C50H31N3O. The minimum absolute atomic E-state index is 0.572.